The van der Waals surface area contributed by atoms with Crippen LogP contribution >= 0.6 is 0 Å². The minimum Gasteiger partial charge on any atom is -0.364 e. The molecule has 0 aromatic heterocycles. The summed E-state index contributed by atoms with van der Waals surface area (Å²) in [6, 6.07) is 0. The molecule has 1 heterocycles. The number of hydrogen-bond acceptors (Lipinski definition) is 2. The lowest BCUT2D eigenvalue weighted by Crippen LogP contribution is -2.45. The molecule has 1 spiro atoms. The first-order valence-corrected chi connectivity index (χ1v) is 6.92. The number of carbonyl (C=O) groups excluding carboxylic acids is 1. The van der Waals surface area contributed by atoms with Crippen molar-refractivity contribution in [2.75, 3.05) is 0 Å². The lowest BCUT2D eigenvalue weighted by atomic mass is 9.63. The predicted molar refractivity (Wildman–Crippen MR) is 66.7 cm³/mol. The van der Waals surface area contributed by atoms with Gasteiger partial charge in [-0.1, -0.05) is 6.92 Å². The second kappa shape index (κ2) is 3.44. The van der Waals surface area contributed by atoms with Crippen LogP contribution in [0, 0.1) is 11.8 Å². The summed E-state index contributed by atoms with van der Waals surface area (Å²) in [5.74, 6) is 1.42. The van der Waals surface area contributed by atoms with Gasteiger partial charge in [0.15, 0.2) is 5.78 Å². The Morgan fingerprint density at radius 1 is 1.35 bits per heavy atom. The van der Waals surface area contributed by atoms with Gasteiger partial charge in [0.1, 0.15) is 0 Å². The second-order valence-corrected chi connectivity index (χ2v) is 6.46. The second-order valence-electron chi connectivity index (χ2n) is 6.46. The van der Waals surface area contributed by atoms with Gasteiger partial charge in [-0.2, -0.15) is 0 Å². The molecule has 0 aromatic rings. The standard InChI is InChI=1S/C15H22O2/c1-4-10-7-13(16)8-11-5-6-12-9-15(10,11)17-14(12,2)3/h7,11-12H,4-6,8-9H2,1-3H3. The van der Waals surface area contributed by atoms with E-state index in [1.54, 1.807) is 0 Å². The lowest BCUT2D eigenvalue weighted by molar-refractivity contribution is -0.126. The van der Waals surface area contributed by atoms with Crippen molar-refractivity contribution in [3.63, 3.8) is 0 Å². The smallest absolute Gasteiger partial charge is 0.156 e. The molecule has 0 N–H and O–H groups in total. The summed E-state index contributed by atoms with van der Waals surface area (Å²) >= 11 is 0. The maximum atomic E-state index is 11.8. The van der Waals surface area contributed by atoms with Crippen LogP contribution in [0.2, 0.25) is 0 Å². The van der Waals surface area contributed by atoms with Crippen LogP contribution in [0.25, 0.3) is 0 Å². The predicted octanol–water partition coefficient (Wildman–Crippen LogP) is 3.26. The molecule has 0 aromatic carbocycles. The molecule has 2 fully saturated rings. The van der Waals surface area contributed by atoms with Gasteiger partial charge in [-0.15, -0.1) is 0 Å². The van der Waals surface area contributed by atoms with Crippen LogP contribution in [0.4, 0.5) is 0 Å². The number of fused-ring (bicyclic) bond motifs is 1. The highest BCUT2D eigenvalue weighted by molar-refractivity contribution is 5.92. The lowest BCUT2D eigenvalue weighted by Gasteiger charge is -2.43. The highest BCUT2D eigenvalue weighted by atomic mass is 16.5. The van der Waals surface area contributed by atoms with Crippen LogP contribution in [-0.4, -0.2) is 17.0 Å². The van der Waals surface area contributed by atoms with Gasteiger partial charge in [0.2, 0.25) is 0 Å². The fourth-order valence-corrected chi connectivity index (χ4v) is 4.29. The first-order chi connectivity index (χ1) is 7.98. The molecule has 2 heteroatoms. The van der Waals surface area contributed by atoms with E-state index in [1.807, 2.05) is 6.08 Å². The van der Waals surface area contributed by atoms with Crippen LogP contribution in [0.1, 0.15) is 52.9 Å². The number of hydrogen-bond donors (Lipinski definition) is 0. The zero-order valence-corrected chi connectivity index (χ0v) is 11.1. The van der Waals surface area contributed by atoms with E-state index in [0.717, 1.165) is 19.3 Å². The maximum Gasteiger partial charge on any atom is 0.156 e. The van der Waals surface area contributed by atoms with Crippen LogP contribution in [0.15, 0.2) is 11.6 Å². The monoisotopic (exact) mass is 234 g/mol. The number of allylic oxidation sites excluding steroid dienone is 1. The first-order valence-electron chi connectivity index (χ1n) is 6.92. The zero-order valence-electron chi connectivity index (χ0n) is 11.1. The Hall–Kier alpha value is -0.630. The molecule has 2 bridgehead atoms. The molecule has 3 aliphatic rings. The molecule has 1 saturated carbocycles. The van der Waals surface area contributed by atoms with Crippen molar-refractivity contribution in [3.8, 4) is 0 Å². The highest BCUT2D eigenvalue weighted by Gasteiger charge is 2.59. The molecule has 94 valence electrons. The third kappa shape index (κ3) is 1.46. The number of carbonyl (C=O) groups is 1. The Morgan fingerprint density at radius 3 is 2.76 bits per heavy atom. The zero-order chi connectivity index (χ0) is 12.3. The summed E-state index contributed by atoms with van der Waals surface area (Å²) in [4.78, 5) is 11.8. The fourth-order valence-electron chi connectivity index (χ4n) is 4.29. The summed E-state index contributed by atoms with van der Waals surface area (Å²) in [5.41, 5.74) is 1.16. The van der Waals surface area contributed by atoms with Gasteiger partial charge < -0.3 is 4.74 Å². The van der Waals surface area contributed by atoms with Crippen molar-refractivity contribution < 1.29 is 9.53 Å². The molecule has 1 saturated heterocycles. The molecular weight excluding hydrogens is 212 g/mol. The maximum absolute atomic E-state index is 11.8. The first kappa shape index (κ1) is 11.5. The highest BCUT2D eigenvalue weighted by Crippen LogP contribution is 2.58. The van der Waals surface area contributed by atoms with Crippen molar-refractivity contribution in [1.29, 1.82) is 0 Å². The minimum atomic E-state index is -0.0882. The summed E-state index contributed by atoms with van der Waals surface area (Å²) in [6.07, 6.45) is 7.05. The van der Waals surface area contributed by atoms with E-state index < -0.39 is 0 Å². The summed E-state index contributed by atoms with van der Waals surface area (Å²) in [7, 11) is 0. The summed E-state index contributed by atoms with van der Waals surface area (Å²) < 4.78 is 6.50. The number of ether oxygens (including phenoxy) is 1. The van der Waals surface area contributed by atoms with E-state index in [1.165, 1.54) is 12.0 Å². The van der Waals surface area contributed by atoms with Gasteiger partial charge >= 0.3 is 0 Å². The average molecular weight is 234 g/mol. The molecule has 3 atom stereocenters. The molecule has 17 heavy (non-hydrogen) atoms. The molecular formula is C15H22O2. The van der Waals surface area contributed by atoms with Crippen LogP contribution in [-0.2, 0) is 9.53 Å². The van der Waals surface area contributed by atoms with Gasteiger partial charge in [-0.3, -0.25) is 4.79 Å². The van der Waals surface area contributed by atoms with Gasteiger partial charge in [0, 0.05) is 6.42 Å². The summed E-state index contributed by atoms with van der Waals surface area (Å²) in [5, 5.41) is 0. The molecule has 3 rings (SSSR count). The van der Waals surface area contributed by atoms with E-state index in [2.05, 4.69) is 20.8 Å². The van der Waals surface area contributed by atoms with Gasteiger partial charge in [-0.25, -0.2) is 0 Å². The third-order valence-electron chi connectivity index (χ3n) is 5.21. The van der Waals surface area contributed by atoms with Crippen molar-refractivity contribution >= 4 is 5.78 Å². The van der Waals surface area contributed by atoms with E-state index in [4.69, 9.17) is 4.74 Å². The van der Waals surface area contributed by atoms with Gasteiger partial charge in [0.25, 0.3) is 0 Å². The number of rotatable bonds is 1. The SMILES string of the molecule is CCC1=CC(=O)CC2CCC3CC12OC3(C)C. The molecule has 0 amide bonds. The van der Waals surface area contributed by atoms with Crippen molar-refractivity contribution in [3.05, 3.63) is 11.6 Å². The Bertz CT molecular complexity index is 394. The van der Waals surface area contributed by atoms with Crippen molar-refractivity contribution in [1.82, 2.24) is 0 Å². The minimum absolute atomic E-state index is 0.0105. The molecule has 1 aliphatic heterocycles. The van der Waals surface area contributed by atoms with E-state index in [-0.39, 0.29) is 11.2 Å². The van der Waals surface area contributed by atoms with E-state index in [9.17, 15) is 4.79 Å². The molecule has 0 radical (unpaired) electrons. The third-order valence-corrected chi connectivity index (χ3v) is 5.21. The Balaban J connectivity index is 2.06. The van der Waals surface area contributed by atoms with E-state index in [0.29, 0.717) is 24.0 Å². The molecule has 3 unspecified atom stereocenters. The van der Waals surface area contributed by atoms with E-state index >= 15 is 0 Å². The molecule has 2 aliphatic carbocycles. The fraction of sp³-hybridized carbons (Fsp3) is 0.800. The number of ketones is 1. The van der Waals surface area contributed by atoms with Crippen molar-refractivity contribution in [2.45, 2.75) is 64.1 Å². The topological polar surface area (TPSA) is 26.3 Å². The largest absolute Gasteiger partial charge is 0.364 e. The summed E-state index contributed by atoms with van der Waals surface area (Å²) in [6.45, 7) is 6.59. The Labute approximate surface area is 103 Å². The van der Waals surface area contributed by atoms with Crippen LogP contribution in [0.3, 0.4) is 0 Å². The van der Waals surface area contributed by atoms with Gasteiger partial charge in [0.05, 0.1) is 11.2 Å². The average Bonchev–Trinajstić information content (AvgIpc) is 2.47. The van der Waals surface area contributed by atoms with Gasteiger partial charge in [-0.05, 0) is 63.0 Å². The quantitative estimate of drug-likeness (QED) is 0.696. The molecule has 2 nitrogen and oxygen atoms in total. The van der Waals surface area contributed by atoms with Crippen molar-refractivity contribution in [2.24, 2.45) is 11.8 Å². The Morgan fingerprint density at radius 2 is 2.06 bits per heavy atom. The Kier molecular flexibility index (Phi) is 2.32. The van der Waals surface area contributed by atoms with Crippen LogP contribution in [0.5, 0.6) is 0 Å². The van der Waals surface area contributed by atoms with Crippen LogP contribution < -0.4 is 0 Å². The normalized spacial score (nSPS) is 43.2.